The molecule has 0 aliphatic carbocycles. The van der Waals surface area contributed by atoms with E-state index >= 15 is 0 Å². The third-order valence-corrected chi connectivity index (χ3v) is 6.75. The molecule has 32 heavy (non-hydrogen) atoms. The molecule has 0 aromatic rings. The Morgan fingerprint density at radius 3 is 2.22 bits per heavy atom. The van der Waals surface area contributed by atoms with Gasteiger partial charge in [0, 0.05) is 31.7 Å². The second kappa shape index (κ2) is 20.8. The van der Waals surface area contributed by atoms with Crippen molar-refractivity contribution in [1.29, 1.82) is 0 Å². The van der Waals surface area contributed by atoms with Crippen LogP contribution in [0.1, 0.15) is 84.0 Å². The number of carbonyl (C=O) groups is 2. The summed E-state index contributed by atoms with van der Waals surface area (Å²) in [5.41, 5.74) is 5.34. The number of thioether (sulfide) groups is 1. The number of unbranched alkanes of at least 4 members (excludes halogenated alkanes) is 9. The first-order valence-corrected chi connectivity index (χ1v) is 13.8. The van der Waals surface area contributed by atoms with Gasteiger partial charge in [0.1, 0.15) is 0 Å². The molecule has 0 saturated carbocycles. The van der Waals surface area contributed by atoms with Crippen molar-refractivity contribution in [3.8, 4) is 0 Å². The summed E-state index contributed by atoms with van der Waals surface area (Å²) in [6.45, 7) is 5.24. The molecule has 1 aliphatic rings. The number of hydrogen-bond acceptors (Lipinski definition) is 6. The van der Waals surface area contributed by atoms with Crippen LogP contribution in [0.4, 0.5) is 0 Å². The summed E-state index contributed by atoms with van der Waals surface area (Å²) >= 11 is 1.74. The zero-order valence-corrected chi connectivity index (χ0v) is 21.1. The Hall–Kier alpha value is -0.830. The molecule has 1 heterocycles. The quantitative estimate of drug-likeness (QED) is 0.247. The van der Waals surface area contributed by atoms with E-state index in [0.717, 1.165) is 18.6 Å². The van der Waals surface area contributed by atoms with Gasteiger partial charge in [-0.3, -0.25) is 9.59 Å². The lowest BCUT2D eigenvalue weighted by Crippen LogP contribution is -2.40. The van der Waals surface area contributed by atoms with Gasteiger partial charge in [0.25, 0.3) is 0 Å². The van der Waals surface area contributed by atoms with Gasteiger partial charge in [0.2, 0.25) is 11.8 Å². The third-order valence-electron chi connectivity index (χ3n) is 5.67. The summed E-state index contributed by atoms with van der Waals surface area (Å²) in [5.74, 6) is 1.73. The summed E-state index contributed by atoms with van der Waals surface area (Å²) < 4.78 is 10.6. The summed E-state index contributed by atoms with van der Waals surface area (Å²) in [6, 6.07) is 0.0150. The monoisotopic (exact) mass is 473 g/mol. The molecule has 0 aromatic carbocycles. The molecule has 1 unspecified atom stereocenters. The normalized spacial score (nSPS) is 15.9. The van der Waals surface area contributed by atoms with E-state index in [9.17, 15) is 9.59 Å². The van der Waals surface area contributed by atoms with Crippen molar-refractivity contribution in [2.45, 2.75) is 90.0 Å². The smallest absolute Gasteiger partial charge is 0.223 e. The minimum atomic E-state index is -0.0165. The Labute approximate surface area is 199 Å². The van der Waals surface area contributed by atoms with Gasteiger partial charge in [-0.2, -0.15) is 0 Å². The molecule has 1 aliphatic heterocycles. The molecule has 2 amide bonds. The average molecular weight is 474 g/mol. The van der Waals surface area contributed by atoms with Crippen LogP contribution in [0.2, 0.25) is 0 Å². The highest BCUT2D eigenvalue weighted by Gasteiger charge is 2.30. The van der Waals surface area contributed by atoms with Gasteiger partial charge in [-0.15, -0.1) is 11.8 Å². The molecule has 1 fully saturated rings. The number of rotatable bonds is 21. The molecule has 7 nitrogen and oxygen atoms in total. The van der Waals surface area contributed by atoms with E-state index in [0.29, 0.717) is 58.2 Å². The predicted molar refractivity (Wildman–Crippen MR) is 133 cm³/mol. The minimum absolute atomic E-state index is 0.0150. The van der Waals surface area contributed by atoms with Crippen LogP contribution < -0.4 is 11.1 Å². The average Bonchev–Trinajstić information content (AvgIpc) is 3.25. The van der Waals surface area contributed by atoms with Gasteiger partial charge >= 0.3 is 0 Å². The molecule has 0 spiro atoms. The second-order valence-electron chi connectivity index (χ2n) is 8.52. The van der Waals surface area contributed by atoms with E-state index in [1.165, 1.54) is 51.4 Å². The third kappa shape index (κ3) is 15.1. The van der Waals surface area contributed by atoms with Crippen LogP contribution in [0, 0.1) is 0 Å². The first kappa shape index (κ1) is 29.2. The van der Waals surface area contributed by atoms with Crippen molar-refractivity contribution in [3.63, 3.8) is 0 Å². The molecular weight excluding hydrogens is 426 g/mol. The maximum atomic E-state index is 12.6. The Morgan fingerprint density at radius 1 is 0.938 bits per heavy atom. The van der Waals surface area contributed by atoms with Crippen molar-refractivity contribution in [2.24, 2.45) is 5.73 Å². The number of carbonyl (C=O) groups excluding carboxylic acids is 2. The summed E-state index contributed by atoms with van der Waals surface area (Å²) in [4.78, 5) is 26.8. The second-order valence-corrected chi connectivity index (χ2v) is 9.52. The number of nitrogens with one attached hydrogen (secondary N) is 1. The molecule has 188 valence electrons. The SMILES string of the molecule is CCCCCCCCCCCCC(=O)N1CSCC1CC(=O)NCCOCCOCCN. The molecule has 1 rings (SSSR count). The zero-order chi connectivity index (χ0) is 23.3. The lowest BCUT2D eigenvalue weighted by Gasteiger charge is -2.23. The van der Waals surface area contributed by atoms with Crippen LogP contribution in [0.3, 0.4) is 0 Å². The summed E-state index contributed by atoms with van der Waals surface area (Å²) in [6.07, 6.45) is 13.7. The first-order chi connectivity index (χ1) is 15.7. The van der Waals surface area contributed by atoms with Gasteiger partial charge in [-0.25, -0.2) is 0 Å². The molecule has 3 N–H and O–H groups in total. The maximum absolute atomic E-state index is 12.6. The van der Waals surface area contributed by atoms with E-state index in [1.54, 1.807) is 11.8 Å². The van der Waals surface area contributed by atoms with Crippen molar-refractivity contribution in [3.05, 3.63) is 0 Å². The van der Waals surface area contributed by atoms with Crippen LogP contribution in [0.5, 0.6) is 0 Å². The fraction of sp³-hybridized carbons (Fsp3) is 0.917. The zero-order valence-electron chi connectivity index (χ0n) is 20.3. The maximum Gasteiger partial charge on any atom is 0.223 e. The molecule has 0 radical (unpaired) electrons. The van der Waals surface area contributed by atoms with E-state index in [1.807, 2.05) is 4.90 Å². The van der Waals surface area contributed by atoms with E-state index < -0.39 is 0 Å². The van der Waals surface area contributed by atoms with Crippen molar-refractivity contribution in [1.82, 2.24) is 10.2 Å². The predicted octanol–water partition coefficient (Wildman–Crippen LogP) is 3.70. The van der Waals surface area contributed by atoms with Crippen molar-refractivity contribution >= 4 is 23.6 Å². The van der Waals surface area contributed by atoms with Crippen LogP contribution >= 0.6 is 11.8 Å². The van der Waals surface area contributed by atoms with Crippen LogP contribution in [0.25, 0.3) is 0 Å². The van der Waals surface area contributed by atoms with Crippen LogP contribution in [0.15, 0.2) is 0 Å². The Morgan fingerprint density at radius 2 is 1.56 bits per heavy atom. The highest BCUT2D eigenvalue weighted by Crippen LogP contribution is 2.24. The van der Waals surface area contributed by atoms with E-state index in [2.05, 4.69) is 12.2 Å². The standard InChI is InChI=1S/C24H47N3O4S/c1-2-3-4-5-6-7-8-9-10-11-12-24(29)27-21-32-20-22(27)19-23(28)26-14-16-31-18-17-30-15-13-25/h22H,2-21,25H2,1H3,(H,26,28). The molecule has 1 saturated heterocycles. The highest BCUT2D eigenvalue weighted by atomic mass is 32.2. The van der Waals surface area contributed by atoms with E-state index in [-0.39, 0.29) is 17.9 Å². The number of nitrogens with two attached hydrogens (primary N) is 1. The fourth-order valence-electron chi connectivity index (χ4n) is 3.79. The molecule has 0 bridgehead atoms. The summed E-state index contributed by atoms with van der Waals surface area (Å²) in [7, 11) is 0. The number of ether oxygens (including phenoxy) is 2. The number of amides is 2. The van der Waals surface area contributed by atoms with Crippen molar-refractivity contribution in [2.75, 3.05) is 51.1 Å². The van der Waals surface area contributed by atoms with Gasteiger partial charge < -0.3 is 25.4 Å². The van der Waals surface area contributed by atoms with Gasteiger partial charge in [0.05, 0.1) is 38.3 Å². The minimum Gasteiger partial charge on any atom is -0.378 e. The lowest BCUT2D eigenvalue weighted by atomic mass is 10.1. The number of nitrogens with zero attached hydrogens (tertiary/aromatic N) is 1. The molecule has 0 aromatic heterocycles. The van der Waals surface area contributed by atoms with Gasteiger partial charge in [-0.05, 0) is 6.42 Å². The van der Waals surface area contributed by atoms with E-state index in [4.69, 9.17) is 15.2 Å². The lowest BCUT2D eigenvalue weighted by molar-refractivity contribution is -0.132. The molecule has 1 atom stereocenters. The largest absolute Gasteiger partial charge is 0.378 e. The Balaban J connectivity index is 2.05. The highest BCUT2D eigenvalue weighted by molar-refractivity contribution is 7.99. The van der Waals surface area contributed by atoms with Crippen LogP contribution in [-0.2, 0) is 19.1 Å². The molecular formula is C24H47N3O4S. The van der Waals surface area contributed by atoms with Crippen LogP contribution in [-0.4, -0.2) is 73.9 Å². The summed E-state index contributed by atoms with van der Waals surface area (Å²) in [5, 5.41) is 2.89. The Kier molecular flexibility index (Phi) is 18.9. The number of hydrogen-bond donors (Lipinski definition) is 2. The van der Waals surface area contributed by atoms with Gasteiger partial charge in [-0.1, -0.05) is 64.7 Å². The van der Waals surface area contributed by atoms with Gasteiger partial charge in [0.15, 0.2) is 0 Å². The fourth-order valence-corrected chi connectivity index (χ4v) is 5.02. The first-order valence-electron chi connectivity index (χ1n) is 12.7. The Bertz CT molecular complexity index is 482. The van der Waals surface area contributed by atoms with Crippen molar-refractivity contribution < 1.29 is 19.1 Å². The topological polar surface area (TPSA) is 93.9 Å². The molecule has 8 heteroatoms.